The molecule has 1 unspecified atom stereocenters. The van der Waals surface area contributed by atoms with E-state index in [1.54, 1.807) is 18.2 Å². The van der Waals surface area contributed by atoms with Crippen molar-refractivity contribution in [3.05, 3.63) is 65.0 Å². The zero-order valence-corrected chi connectivity index (χ0v) is 18.5. The van der Waals surface area contributed by atoms with Gasteiger partial charge in [-0.1, -0.05) is 60.9 Å². The Morgan fingerprint density at radius 3 is 2.63 bits per heavy atom. The first-order chi connectivity index (χ1) is 14.3. The molecule has 2 heterocycles. The SMILES string of the molecule is CC(C)c1ccc(-c2noc(C3CCCN(S(=O)(=O)c4cccc(Cl)c4)C3)n2)cc1. The van der Waals surface area contributed by atoms with E-state index >= 15 is 0 Å². The van der Waals surface area contributed by atoms with Crippen LogP contribution in [0.5, 0.6) is 0 Å². The third-order valence-corrected chi connectivity index (χ3v) is 7.54. The van der Waals surface area contributed by atoms with Crippen LogP contribution in [0.15, 0.2) is 57.9 Å². The van der Waals surface area contributed by atoms with E-state index in [0.717, 1.165) is 18.4 Å². The normalized spacial score (nSPS) is 18.1. The van der Waals surface area contributed by atoms with Gasteiger partial charge in [-0.3, -0.25) is 0 Å². The van der Waals surface area contributed by atoms with E-state index < -0.39 is 10.0 Å². The number of sulfonamides is 1. The highest BCUT2D eigenvalue weighted by atomic mass is 35.5. The highest BCUT2D eigenvalue weighted by molar-refractivity contribution is 7.89. The van der Waals surface area contributed by atoms with Crippen LogP contribution in [0.1, 0.15) is 50.0 Å². The maximum atomic E-state index is 13.0. The second-order valence-corrected chi connectivity index (χ2v) is 10.3. The Morgan fingerprint density at radius 1 is 1.17 bits per heavy atom. The Kier molecular flexibility index (Phi) is 5.95. The number of nitrogens with zero attached hydrogens (tertiary/aromatic N) is 3. The molecule has 0 aliphatic carbocycles. The first-order valence-corrected chi connectivity index (χ1v) is 11.9. The highest BCUT2D eigenvalue weighted by Crippen LogP contribution is 2.31. The predicted molar refractivity (Wildman–Crippen MR) is 116 cm³/mol. The number of hydrogen-bond acceptors (Lipinski definition) is 5. The minimum atomic E-state index is -3.62. The fourth-order valence-corrected chi connectivity index (χ4v) is 5.50. The third kappa shape index (κ3) is 4.29. The second kappa shape index (κ2) is 8.49. The minimum Gasteiger partial charge on any atom is -0.339 e. The molecule has 30 heavy (non-hydrogen) atoms. The van der Waals surface area contributed by atoms with Gasteiger partial charge in [-0.25, -0.2) is 8.42 Å². The van der Waals surface area contributed by atoms with E-state index in [1.807, 2.05) is 12.1 Å². The summed E-state index contributed by atoms with van der Waals surface area (Å²) in [7, 11) is -3.62. The second-order valence-electron chi connectivity index (χ2n) is 7.89. The molecular formula is C22H24ClN3O3S. The van der Waals surface area contributed by atoms with Crippen LogP contribution in [0.3, 0.4) is 0 Å². The zero-order valence-electron chi connectivity index (χ0n) is 17.0. The maximum absolute atomic E-state index is 13.0. The highest BCUT2D eigenvalue weighted by Gasteiger charge is 2.33. The first kappa shape index (κ1) is 21.0. The van der Waals surface area contributed by atoms with E-state index in [1.165, 1.54) is 15.9 Å². The summed E-state index contributed by atoms with van der Waals surface area (Å²) in [6, 6.07) is 14.5. The summed E-state index contributed by atoms with van der Waals surface area (Å²) < 4.78 is 33.1. The van der Waals surface area contributed by atoms with Gasteiger partial charge in [-0.15, -0.1) is 0 Å². The van der Waals surface area contributed by atoms with Gasteiger partial charge in [0, 0.05) is 23.7 Å². The number of rotatable bonds is 5. The van der Waals surface area contributed by atoms with Crippen LogP contribution in [-0.4, -0.2) is 36.0 Å². The largest absolute Gasteiger partial charge is 0.339 e. The van der Waals surface area contributed by atoms with Crippen LogP contribution >= 0.6 is 11.6 Å². The molecule has 1 aliphatic heterocycles. The summed E-state index contributed by atoms with van der Waals surface area (Å²) in [5, 5.41) is 4.52. The Balaban J connectivity index is 1.53. The van der Waals surface area contributed by atoms with E-state index in [-0.39, 0.29) is 10.8 Å². The molecule has 6 nitrogen and oxygen atoms in total. The van der Waals surface area contributed by atoms with Crippen LogP contribution in [0.25, 0.3) is 11.4 Å². The summed E-state index contributed by atoms with van der Waals surface area (Å²) in [6.07, 6.45) is 1.53. The van der Waals surface area contributed by atoms with Gasteiger partial charge >= 0.3 is 0 Å². The van der Waals surface area contributed by atoms with E-state index in [0.29, 0.717) is 35.7 Å². The van der Waals surface area contributed by atoms with Crippen LogP contribution in [0, 0.1) is 0 Å². The van der Waals surface area contributed by atoms with Crippen molar-refractivity contribution >= 4 is 21.6 Å². The molecule has 0 N–H and O–H groups in total. The fourth-order valence-electron chi connectivity index (χ4n) is 3.67. The molecule has 1 fully saturated rings. The van der Waals surface area contributed by atoms with Crippen molar-refractivity contribution in [2.75, 3.05) is 13.1 Å². The van der Waals surface area contributed by atoms with Crippen molar-refractivity contribution in [2.24, 2.45) is 0 Å². The molecule has 1 atom stereocenters. The zero-order chi connectivity index (χ0) is 21.3. The minimum absolute atomic E-state index is 0.135. The van der Waals surface area contributed by atoms with Crippen LogP contribution in [-0.2, 0) is 10.0 Å². The molecule has 0 bridgehead atoms. The Labute approximate surface area is 181 Å². The number of piperidine rings is 1. The summed E-state index contributed by atoms with van der Waals surface area (Å²) in [5.74, 6) is 1.32. The standard InChI is InChI=1S/C22H24ClN3O3S/c1-15(2)16-8-10-17(11-9-16)21-24-22(29-25-21)18-5-4-12-26(14-18)30(27,28)20-7-3-6-19(23)13-20/h3,6-11,13,15,18H,4-5,12,14H2,1-2H3. The molecule has 0 spiro atoms. The lowest BCUT2D eigenvalue weighted by atomic mass is 9.99. The van der Waals surface area contributed by atoms with Crippen LogP contribution in [0.4, 0.5) is 0 Å². The molecule has 4 rings (SSSR count). The van der Waals surface area contributed by atoms with Crippen molar-refractivity contribution < 1.29 is 12.9 Å². The number of hydrogen-bond donors (Lipinski definition) is 0. The lowest BCUT2D eigenvalue weighted by Gasteiger charge is -2.30. The van der Waals surface area contributed by atoms with Crippen molar-refractivity contribution in [1.29, 1.82) is 0 Å². The Morgan fingerprint density at radius 2 is 1.93 bits per heavy atom. The number of aromatic nitrogens is 2. The molecule has 0 radical (unpaired) electrons. The van der Waals surface area contributed by atoms with E-state index in [4.69, 9.17) is 16.1 Å². The predicted octanol–water partition coefficient (Wildman–Crippen LogP) is 5.08. The van der Waals surface area contributed by atoms with Gasteiger partial charge in [0.2, 0.25) is 21.7 Å². The fraction of sp³-hybridized carbons (Fsp3) is 0.364. The first-order valence-electron chi connectivity index (χ1n) is 10.0. The molecule has 0 saturated carbocycles. The summed E-state index contributed by atoms with van der Waals surface area (Å²) in [5.41, 5.74) is 2.13. The van der Waals surface area contributed by atoms with E-state index in [2.05, 4.69) is 36.1 Å². The molecule has 1 saturated heterocycles. The van der Waals surface area contributed by atoms with Gasteiger partial charge < -0.3 is 4.52 Å². The summed E-state index contributed by atoms with van der Waals surface area (Å²) >= 11 is 5.99. The quantitative estimate of drug-likeness (QED) is 0.547. The van der Waals surface area contributed by atoms with Gasteiger partial charge in [0.15, 0.2) is 0 Å². The lowest BCUT2D eigenvalue weighted by Crippen LogP contribution is -2.39. The lowest BCUT2D eigenvalue weighted by molar-refractivity contribution is 0.265. The number of halogens is 1. The molecule has 158 valence electrons. The molecule has 0 amide bonds. The summed E-state index contributed by atoms with van der Waals surface area (Å²) in [6.45, 7) is 5.06. The van der Waals surface area contributed by atoms with Crippen molar-refractivity contribution in [2.45, 2.75) is 43.4 Å². The van der Waals surface area contributed by atoms with Gasteiger partial charge in [0.25, 0.3) is 0 Å². The molecule has 2 aromatic carbocycles. The van der Waals surface area contributed by atoms with Crippen LogP contribution < -0.4 is 0 Å². The van der Waals surface area contributed by atoms with Crippen LogP contribution in [0.2, 0.25) is 5.02 Å². The van der Waals surface area contributed by atoms with Crippen molar-refractivity contribution in [3.63, 3.8) is 0 Å². The average Bonchev–Trinajstić information content (AvgIpc) is 3.24. The monoisotopic (exact) mass is 445 g/mol. The van der Waals surface area contributed by atoms with Crippen molar-refractivity contribution in [1.82, 2.24) is 14.4 Å². The van der Waals surface area contributed by atoms with Crippen molar-refractivity contribution in [3.8, 4) is 11.4 Å². The topological polar surface area (TPSA) is 76.3 Å². The van der Waals surface area contributed by atoms with Gasteiger partial charge in [0.1, 0.15) is 0 Å². The third-order valence-electron chi connectivity index (χ3n) is 5.44. The Hall–Kier alpha value is -2.22. The van der Waals surface area contributed by atoms with Gasteiger partial charge in [0.05, 0.1) is 10.8 Å². The molecular weight excluding hydrogens is 422 g/mol. The molecule has 3 aromatic rings. The average molecular weight is 446 g/mol. The molecule has 1 aliphatic rings. The van der Waals surface area contributed by atoms with Gasteiger partial charge in [-0.05, 0) is 42.5 Å². The summed E-state index contributed by atoms with van der Waals surface area (Å²) in [4.78, 5) is 4.76. The van der Waals surface area contributed by atoms with E-state index in [9.17, 15) is 8.42 Å². The molecule has 8 heteroatoms. The number of benzene rings is 2. The smallest absolute Gasteiger partial charge is 0.243 e. The molecule has 1 aromatic heterocycles. The van der Waals surface area contributed by atoms with Gasteiger partial charge in [-0.2, -0.15) is 9.29 Å². The maximum Gasteiger partial charge on any atom is 0.243 e. The Bertz CT molecular complexity index is 1130.